The number of hydrogen-bond donors (Lipinski definition) is 1. The molecule has 0 atom stereocenters. The quantitative estimate of drug-likeness (QED) is 0.538. The minimum absolute atomic E-state index is 0.0169. The summed E-state index contributed by atoms with van der Waals surface area (Å²) >= 11 is 0. The second-order valence-corrected chi connectivity index (χ2v) is 8.55. The van der Waals surface area contributed by atoms with Crippen LogP contribution in [0.25, 0.3) is 0 Å². The van der Waals surface area contributed by atoms with Gasteiger partial charge in [-0.3, -0.25) is 19.3 Å². The van der Waals surface area contributed by atoms with Crippen LogP contribution >= 0.6 is 0 Å². The van der Waals surface area contributed by atoms with E-state index in [0.29, 0.717) is 18.4 Å². The highest BCUT2D eigenvalue weighted by molar-refractivity contribution is 6.12. The summed E-state index contributed by atoms with van der Waals surface area (Å²) in [6.07, 6.45) is 8.43. The second-order valence-electron chi connectivity index (χ2n) is 8.55. The summed E-state index contributed by atoms with van der Waals surface area (Å²) in [5.74, 6) is -0.635. The first-order valence-corrected chi connectivity index (χ1v) is 10.4. The number of rotatable bonds is 11. The zero-order chi connectivity index (χ0) is 21.1. The van der Waals surface area contributed by atoms with E-state index in [1.165, 1.54) is 31.4 Å². The molecule has 0 aromatic heterocycles. The molecular formula is C22H40N2O3. The highest BCUT2D eigenvalue weighted by Gasteiger charge is 2.24. The Hall–Kier alpha value is -1.65. The highest BCUT2D eigenvalue weighted by atomic mass is 16.2. The fraction of sp³-hybridized carbons (Fsp3) is 0.773. The van der Waals surface area contributed by atoms with Crippen LogP contribution in [0.2, 0.25) is 0 Å². The Labute approximate surface area is 166 Å². The smallest absolute Gasteiger partial charge is 0.253 e. The van der Waals surface area contributed by atoms with E-state index in [2.05, 4.69) is 39.9 Å². The van der Waals surface area contributed by atoms with Crippen LogP contribution in [0.1, 0.15) is 87.0 Å². The molecule has 3 amide bonds. The first-order valence-electron chi connectivity index (χ1n) is 10.4. The molecule has 0 aromatic carbocycles. The molecule has 5 heteroatoms. The van der Waals surface area contributed by atoms with Gasteiger partial charge < -0.3 is 5.32 Å². The normalized spacial score (nSPS) is 14.3. The zero-order valence-corrected chi connectivity index (χ0v) is 18.5. The third-order valence-electron chi connectivity index (χ3n) is 5.25. The van der Waals surface area contributed by atoms with Gasteiger partial charge in [0.25, 0.3) is 11.8 Å². The summed E-state index contributed by atoms with van der Waals surface area (Å²) in [7, 11) is 0. The van der Waals surface area contributed by atoms with Crippen LogP contribution in [0, 0.1) is 10.8 Å². The molecule has 1 rings (SSSR count). The van der Waals surface area contributed by atoms with Gasteiger partial charge in [0.2, 0.25) is 5.91 Å². The Morgan fingerprint density at radius 2 is 1.48 bits per heavy atom. The molecule has 0 spiro atoms. The molecule has 0 bridgehead atoms. The van der Waals surface area contributed by atoms with Crippen LogP contribution in [0.4, 0.5) is 0 Å². The Morgan fingerprint density at radius 1 is 0.963 bits per heavy atom. The monoisotopic (exact) mass is 380 g/mol. The zero-order valence-electron chi connectivity index (χ0n) is 18.5. The van der Waals surface area contributed by atoms with Crippen molar-refractivity contribution in [2.75, 3.05) is 13.1 Å². The van der Waals surface area contributed by atoms with Gasteiger partial charge in [0.1, 0.15) is 0 Å². The Bertz CT molecular complexity index is 504. The van der Waals surface area contributed by atoms with Crippen molar-refractivity contribution in [3.8, 4) is 0 Å². The lowest BCUT2D eigenvalue weighted by Gasteiger charge is -2.30. The third kappa shape index (κ3) is 10.3. The molecular weight excluding hydrogens is 340 g/mol. The number of carbonyl (C=O) groups excluding carboxylic acids is 3. The van der Waals surface area contributed by atoms with Crippen molar-refractivity contribution in [3.05, 3.63) is 12.2 Å². The number of nitrogens with zero attached hydrogens (tertiary/aromatic N) is 1. The van der Waals surface area contributed by atoms with E-state index in [9.17, 15) is 14.4 Å². The van der Waals surface area contributed by atoms with Crippen LogP contribution < -0.4 is 5.32 Å². The molecule has 0 saturated carbocycles. The number of hydrogen-bond acceptors (Lipinski definition) is 3. The molecule has 0 fully saturated rings. The second kappa shape index (κ2) is 11.9. The summed E-state index contributed by atoms with van der Waals surface area (Å²) in [4.78, 5) is 35.9. The maximum atomic E-state index is 11.9. The van der Waals surface area contributed by atoms with Crippen LogP contribution in [-0.4, -0.2) is 35.7 Å². The van der Waals surface area contributed by atoms with Gasteiger partial charge in [-0.25, -0.2) is 0 Å². The number of nitrogens with one attached hydrogen (secondary N) is 1. The first kappa shape index (κ1) is 25.4. The highest BCUT2D eigenvalue weighted by Crippen LogP contribution is 2.35. The summed E-state index contributed by atoms with van der Waals surface area (Å²) in [6.45, 7) is 15.9. The van der Waals surface area contributed by atoms with Crippen LogP contribution in [-0.2, 0) is 14.4 Å². The molecule has 1 aliphatic rings. The third-order valence-corrected chi connectivity index (χ3v) is 5.25. The van der Waals surface area contributed by atoms with Crippen molar-refractivity contribution in [2.45, 2.75) is 87.0 Å². The van der Waals surface area contributed by atoms with E-state index in [1.54, 1.807) is 0 Å². The minimum Gasteiger partial charge on any atom is -0.354 e. The number of carbonyl (C=O) groups is 3. The largest absolute Gasteiger partial charge is 0.354 e. The molecule has 156 valence electrons. The molecule has 1 N–H and O–H groups in total. The van der Waals surface area contributed by atoms with E-state index in [-0.39, 0.29) is 29.7 Å². The van der Waals surface area contributed by atoms with Gasteiger partial charge in [0.15, 0.2) is 0 Å². The topological polar surface area (TPSA) is 66.5 Å². The molecule has 0 aromatic rings. The van der Waals surface area contributed by atoms with Crippen LogP contribution in [0.15, 0.2) is 12.2 Å². The fourth-order valence-electron chi connectivity index (χ4n) is 2.75. The van der Waals surface area contributed by atoms with Crippen LogP contribution in [0.3, 0.4) is 0 Å². The lowest BCUT2D eigenvalue weighted by molar-refractivity contribution is -0.137. The lowest BCUT2D eigenvalue weighted by atomic mass is 9.75. The van der Waals surface area contributed by atoms with Crippen molar-refractivity contribution in [2.24, 2.45) is 10.8 Å². The summed E-state index contributed by atoms with van der Waals surface area (Å²) in [5, 5.41) is 2.79. The maximum absolute atomic E-state index is 11.9. The summed E-state index contributed by atoms with van der Waals surface area (Å²) in [5.41, 5.74) is 0.626. The van der Waals surface area contributed by atoms with E-state index < -0.39 is 0 Å². The Kier molecular flexibility index (Phi) is 11.2. The predicted octanol–water partition coefficient (Wildman–Crippen LogP) is 4.47. The van der Waals surface area contributed by atoms with Crippen molar-refractivity contribution in [3.63, 3.8) is 0 Å². The van der Waals surface area contributed by atoms with Gasteiger partial charge in [0.05, 0.1) is 0 Å². The molecule has 0 unspecified atom stereocenters. The standard InChI is InChI=1S/C20H34N2O3.C2H6/c1-6-19(2,3)12-13-20(4,5)11-7-8-16(23)21-14-15-22-17(24)9-10-18(22)25;1-2/h9-10H,6-8,11-15H2,1-5H3,(H,21,23);1-2H3. The average molecular weight is 381 g/mol. The lowest BCUT2D eigenvalue weighted by Crippen LogP contribution is -2.38. The van der Waals surface area contributed by atoms with E-state index in [4.69, 9.17) is 0 Å². The van der Waals surface area contributed by atoms with Crippen molar-refractivity contribution < 1.29 is 14.4 Å². The van der Waals surface area contributed by atoms with Gasteiger partial charge in [-0.05, 0) is 36.5 Å². The van der Waals surface area contributed by atoms with Gasteiger partial charge in [-0.1, -0.05) is 54.9 Å². The predicted molar refractivity (Wildman–Crippen MR) is 111 cm³/mol. The van der Waals surface area contributed by atoms with Crippen molar-refractivity contribution in [1.82, 2.24) is 10.2 Å². The fourth-order valence-corrected chi connectivity index (χ4v) is 2.75. The van der Waals surface area contributed by atoms with Gasteiger partial charge in [-0.15, -0.1) is 0 Å². The molecule has 0 radical (unpaired) electrons. The maximum Gasteiger partial charge on any atom is 0.253 e. The van der Waals surface area contributed by atoms with E-state index in [1.807, 2.05) is 13.8 Å². The average Bonchev–Trinajstić information content (AvgIpc) is 2.94. The SMILES string of the molecule is CC.CCC(C)(C)CCC(C)(C)CCCC(=O)NCCN1C(=O)C=CC1=O. The molecule has 0 saturated heterocycles. The molecule has 5 nitrogen and oxygen atoms in total. The van der Waals surface area contributed by atoms with E-state index in [0.717, 1.165) is 17.7 Å². The van der Waals surface area contributed by atoms with E-state index >= 15 is 0 Å². The first-order chi connectivity index (χ1) is 12.6. The summed E-state index contributed by atoms with van der Waals surface area (Å²) < 4.78 is 0. The molecule has 1 aliphatic heterocycles. The Balaban J connectivity index is 0.00000326. The van der Waals surface area contributed by atoms with Gasteiger partial charge in [-0.2, -0.15) is 0 Å². The molecule has 0 aliphatic carbocycles. The number of imide groups is 1. The van der Waals surface area contributed by atoms with Crippen LogP contribution in [0.5, 0.6) is 0 Å². The number of amides is 3. The van der Waals surface area contributed by atoms with Crippen molar-refractivity contribution >= 4 is 17.7 Å². The molecule has 27 heavy (non-hydrogen) atoms. The van der Waals surface area contributed by atoms with Crippen molar-refractivity contribution in [1.29, 1.82) is 0 Å². The molecule has 1 heterocycles. The van der Waals surface area contributed by atoms with Gasteiger partial charge in [0, 0.05) is 31.7 Å². The Morgan fingerprint density at radius 3 is 2.00 bits per heavy atom. The minimum atomic E-state index is -0.309. The van der Waals surface area contributed by atoms with Gasteiger partial charge >= 0.3 is 0 Å². The summed E-state index contributed by atoms with van der Waals surface area (Å²) in [6, 6.07) is 0.